The third kappa shape index (κ3) is 2.74. The van der Waals surface area contributed by atoms with Gasteiger partial charge in [0.05, 0.1) is 17.1 Å². The van der Waals surface area contributed by atoms with E-state index in [0.29, 0.717) is 0 Å². The van der Waals surface area contributed by atoms with Gasteiger partial charge in [0, 0.05) is 16.0 Å². The number of anilines is 2. The van der Waals surface area contributed by atoms with Gasteiger partial charge in [0.25, 0.3) is 10.1 Å². The Balaban J connectivity index is 2.10. The highest BCUT2D eigenvalue weighted by Crippen LogP contribution is 2.54. The van der Waals surface area contributed by atoms with Crippen molar-refractivity contribution in [2.24, 2.45) is 0 Å². The Labute approximate surface area is 162 Å². The second kappa shape index (κ2) is 6.67. The Morgan fingerprint density at radius 1 is 0.963 bits per heavy atom. The molecular formula is C20H18N2O3S2. The SMILES string of the molecule is CCC(c1ccccn1)(N1c2ccccc2Sc2ccccc21)S(=O)(=O)O. The van der Waals surface area contributed by atoms with Crippen molar-refractivity contribution in [1.82, 2.24) is 4.98 Å². The van der Waals surface area contributed by atoms with Crippen LogP contribution in [0.3, 0.4) is 0 Å². The van der Waals surface area contributed by atoms with Gasteiger partial charge in [-0.2, -0.15) is 8.42 Å². The lowest BCUT2D eigenvalue weighted by molar-refractivity contribution is 0.413. The average molecular weight is 399 g/mol. The molecule has 1 unspecified atom stereocenters. The molecule has 0 saturated carbocycles. The molecule has 0 amide bonds. The van der Waals surface area contributed by atoms with Crippen molar-refractivity contribution in [3.63, 3.8) is 0 Å². The molecule has 1 N–H and O–H groups in total. The summed E-state index contributed by atoms with van der Waals surface area (Å²) in [6.45, 7) is 1.75. The number of para-hydroxylation sites is 2. The van der Waals surface area contributed by atoms with Crippen molar-refractivity contribution in [3.8, 4) is 0 Å². The zero-order valence-electron chi connectivity index (χ0n) is 14.6. The van der Waals surface area contributed by atoms with Crippen LogP contribution in [0.5, 0.6) is 0 Å². The minimum absolute atomic E-state index is 0.121. The van der Waals surface area contributed by atoms with Crippen molar-refractivity contribution in [2.75, 3.05) is 4.90 Å². The minimum Gasteiger partial charge on any atom is -0.312 e. The van der Waals surface area contributed by atoms with E-state index in [1.165, 1.54) is 0 Å². The normalized spacial score (nSPS) is 15.6. The van der Waals surface area contributed by atoms with Crippen LogP contribution in [-0.2, 0) is 15.0 Å². The molecule has 0 radical (unpaired) electrons. The molecule has 2 heterocycles. The van der Waals surface area contributed by atoms with E-state index in [9.17, 15) is 13.0 Å². The van der Waals surface area contributed by atoms with Gasteiger partial charge in [-0.1, -0.05) is 49.0 Å². The van der Waals surface area contributed by atoms with Crippen LogP contribution >= 0.6 is 11.8 Å². The summed E-state index contributed by atoms with van der Waals surface area (Å²) >= 11 is 1.58. The van der Waals surface area contributed by atoms with Gasteiger partial charge < -0.3 is 4.90 Å². The minimum atomic E-state index is -4.56. The molecule has 4 rings (SSSR count). The summed E-state index contributed by atoms with van der Waals surface area (Å²) in [6, 6.07) is 20.3. The number of rotatable bonds is 4. The Morgan fingerprint density at radius 3 is 2.00 bits per heavy atom. The van der Waals surface area contributed by atoms with Gasteiger partial charge in [-0.3, -0.25) is 9.54 Å². The van der Waals surface area contributed by atoms with Crippen molar-refractivity contribution < 1.29 is 13.0 Å². The van der Waals surface area contributed by atoms with Gasteiger partial charge in [-0.25, -0.2) is 0 Å². The third-order valence-corrected chi connectivity index (χ3v) is 7.43. The van der Waals surface area contributed by atoms with Crippen molar-refractivity contribution >= 4 is 33.3 Å². The fourth-order valence-electron chi connectivity index (χ4n) is 3.57. The zero-order valence-corrected chi connectivity index (χ0v) is 16.2. The number of benzene rings is 2. The van der Waals surface area contributed by atoms with Crippen LogP contribution in [0.15, 0.2) is 82.7 Å². The monoisotopic (exact) mass is 398 g/mol. The maximum Gasteiger partial charge on any atom is 0.295 e. The van der Waals surface area contributed by atoms with Crippen LogP contribution in [0.1, 0.15) is 19.0 Å². The fourth-order valence-corrected chi connectivity index (χ4v) is 5.81. The van der Waals surface area contributed by atoms with E-state index in [1.54, 1.807) is 48.0 Å². The highest BCUT2D eigenvalue weighted by molar-refractivity contribution is 7.99. The largest absolute Gasteiger partial charge is 0.312 e. The van der Waals surface area contributed by atoms with Crippen molar-refractivity contribution in [3.05, 3.63) is 78.6 Å². The van der Waals surface area contributed by atoms with Crippen LogP contribution in [0.4, 0.5) is 11.4 Å². The Morgan fingerprint density at radius 2 is 1.52 bits per heavy atom. The van der Waals surface area contributed by atoms with E-state index >= 15 is 0 Å². The standard InChI is InChI=1S/C20H18N2O3S2/c1-2-20(27(23,24)25,19-13-7-8-14-21-19)22-15-9-3-5-11-17(15)26-18-12-6-4-10-16(18)22/h3-14H,2H2,1H3,(H,23,24,25). The molecule has 138 valence electrons. The van der Waals surface area contributed by atoms with E-state index in [2.05, 4.69) is 4.98 Å². The second-order valence-electron chi connectivity index (χ2n) is 6.20. The van der Waals surface area contributed by atoms with E-state index in [-0.39, 0.29) is 12.1 Å². The van der Waals surface area contributed by atoms with Gasteiger partial charge in [-0.15, -0.1) is 0 Å². The summed E-state index contributed by atoms with van der Waals surface area (Å²) in [6.07, 6.45) is 1.66. The van der Waals surface area contributed by atoms with E-state index in [1.807, 2.05) is 48.5 Å². The topological polar surface area (TPSA) is 70.5 Å². The Hall–Kier alpha value is -2.35. The number of hydrogen-bond acceptors (Lipinski definition) is 5. The molecule has 0 bridgehead atoms. The summed E-state index contributed by atoms with van der Waals surface area (Å²) in [5.41, 5.74) is 1.74. The first-order valence-electron chi connectivity index (χ1n) is 8.53. The first kappa shape index (κ1) is 18.0. The molecule has 5 nitrogen and oxygen atoms in total. The smallest absolute Gasteiger partial charge is 0.295 e. The van der Waals surface area contributed by atoms with Gasteiger partial charge in [0.2, 0.25) is 4.87 Å². The number of pyridine rings is 1. The van der Waals surface area contributed by atoms with Gasteiger partial charge in [0.1, 0.15) is 0 Å². The van der Waals surface area contributed by atoms with Gasteiger partial charge in [-0.05, 0) is 42.8 Å². The lowest BCUT2D eigenvalue weighted by atomic mass is 10.0. The van der Waals surface area contributed by atoms with E-state index in [4.69, 9.17) is 0 Å². The number of nitrogens with zero attached hydrogens (tertiary/aromatic N) is 2. The summed E-state index contributed by atoms with van der Waals surface area (Å²) in [5.74, 6) is 0. The lowest BCUT2D eigenvalue weighted by Crippen LogP contribution is -2.50. The van der Waals surface area contributed by atoms with Crippen molar-refractivity contribution in [2.45, 2.75) is 28.0 Å². The molecule has 0 aliphatic carbocycles. The Kier molecular flexibility index (Phi) is 4.46. The molecule has 2 aromatic carbocycles. The summed E-state index contributed by atoms with van der Waals surface area (Å²) in [4.78, 5) is 6.15. The number of hydrogen-bond donors (Lipinski definition) is 1. The zero-order chi connectivity index (χ0) is 19.1. The third-order valence-electron chi connectivity index (χ3n) is 4.76. The summed E-state index contributed by atoms with van der Waals surface area (Å²) in [7, 11) is -4.56. The van der Waals surface area contributed by atoms with Crippen LogP contribution in [0, 0.1) is 0 Å². The van der Waals surface area contributed by atoms with Crippen LogP contribution in [0.2, 0.25) is 0 Å². The number of fused-ring (bicyclic) bond motifs is 2. The molecule has 0 saturated heterocycles. The van der Waals surface area contributed by atoms with E-state index in [0.717, 1.165) is 21.2 Å². The predicted molar refractivity (Wildman–Crippen MR) is 107 cm³/mol. The fraction of sp³-hybridized carbons (Fsp3) is 0.150. The maximum absolute atomic E-state index is 12.9. The van der Waals surface area contributed by atoms with Crippen LogP contribution < -0.4 is 4.90 Å². The second-order valence-corrected chi connectivity index (χ2v) is 8.91. The van der Waals surface area contributed by atoms with E-state index < -0.39 is 15.0 Å². The molecule has 1 aliphatic heterocycles. The quantitative estimate of drug-likeness (QED) is 0.635. The molecule has 7 heteroatoms. The molecule has 1 atom stereocenters. The predicted octanol–water partition coefficient (Wildman–Crippen LogP) is 4.84. The highest BCUT2D eigenvalue weighted by atomic mass is 32.2. The molecule has 3 aromatic rings. The maximum atomic E-state index is 12.9. The first-order chi connectivity index (χ1) is 13.0. The molecular weight excluding hydrogens is 380 g/mol. The first-order valence-corrected chi connectivity index (χ1v) is 10.8. The molecule has 0 spiro atoms. The average Bonchev–Trinajstić information content (AvgIpc) is 2.68. The van der Waals surface area contributed by atoms with Gasteiger partial charge in [0.15, 0.2) is 0 Å². The summed E-state index contributed by atoms with van der Waals surface area (Å²) < 4.78 is 36.2. The van der Waals surface area contributed by atoms with Crippen LogP contribution in [-0.4, -0.2) is 18.0 Å². The highest BCUT2D eigenvalue weighted by Gasteiger charge is 2.52. The van der Waals surface area contributed by atoms with Gasteiger partial charge >= 0.3 is 0 Å². The summed E-state index contributed by atoms with van der Waals surface area (Å²) in [5, 5.41) is 0. The number of aromatic nitrogens is 1. The molecule has 1 aromatic heterocycles. The van der Waals surface area contributed by atoms with Crippen molar-refractivity contribution in [1.29, 1.82) is 0 Å². The molecule has 1 aliphatic rings. The molecule has 0 fully saturated rings. The molecule has 27 heavy (non-hydrogen) atoms. The lowest BCUT2D eigenvalue weighted by Gasteiger charge is -2.45. The Bertz CT molecular complexity index is 1040. The van der Waals surface area contributed by atoms with Crippen LogP contribution in [0.25, 0.3) is 0 Å².